The molecule has 0 atom stereocenters. The van der Waals surface area contributed by atoms with Crippen LogP contribution in [0.25, 0.3) is 0 Å². The Morgan fingerprint density at radius 2 is 2.19 bits per heavy atom. The molecule has 1 amide bonds. The lowest BCUT2D eigenvalue weighted by atomic mass is 10.5. The van der Waals surface area contributed by atoms with Crippen LogP contribution in [0, 0.1) is 5.82 Å². The number of halogens is 1. The summed E-state index contributed by atoms with van der Waals surface area (Å²) < 4.78 is 17.7. The molecule has 16 heavy (non-hydrogen) atoms. The van der Waals surface area contributed by atoms with E-state index >= 15 is 0 Å². The predicted molar refractivity (Wildman–Crippen MR) is 48.5 cm³/mol. The Kier molecular flexibility index (Phi) is 3.28. The molecule has 4 N–H and O–H groups in total. The third kappa shape index (κ3) is 2.38. The van der Waals surface area contributed by atoms with Gasteiger partial charge >= 0.3 is 11.8 Å². The molecule has 0 aliphatic heterocycles. The molecule has 0 aliphatic carbocycles. The molecule has 8 nitrogen and oxygen atoms in total. The molecule has 88 valence electrons. The highest BCUT2D eigenvalue weighted by Crippen LogP contribution is 2.06. The number of nitrogens with two attached hydrogens (primary N) is 1. The summed E-state index contributed by atoms with van der Waals surface area (Å²) in [5.74, 6) is -2.61. The van der Waals surface area contributed by atoms with Crippen LogP contribution < -0.4 is 17.0 Å². The van der Waals surface area contributed by atoms with Crippen molar-refractivity contribution in [2.24, 2.45) is 5.73 Å². The Hall–Kier alpha value is -2.32. The van der Waals surface area contributed by atoms with Gasteiger partial charge in [-0.25, -0.2) is 9.59 Å². The minimum absolute atomic E-state index is 0.332. The van der Waals surface area contributed by atoms with Crippen LogP contribution in [0.3, 0.4) is 0 Å². The Labute approximate surface area is 87.1 Å². The number of aromatic nitrogens is 2. The number of aromatic hydroxyl groups is 1. The zero-order valence-electron chi connectivity index (χ0n) is 7.90. The summed E-state index contributed by atoms with van der Waals surface area (Å²) in [4.78, 5) is 33.6. The number of amides is 1. The van der Waals surface area contributed by atoms with Gasteiger partial charge in [0, 0.05) is 0 Å². The molecule has 0 aromatic carbocycles. The summed E-state index contributed by atoms with van der Waals surface area (Å²) in [5, 5.41) is 9.12. The van der Waals surface area contributed by atoms with E-state index in [2.05, 4.69) is 10.5 Å². The van der Waals surface area contributed by atoms with Gasteiger partial charge in [0.1, 0.15) is 6.61 Å². The van der Waals surface area contributed by atoms with E-state index in [9.17, 15) is 18.8 Å². The number of ether oxygens (including phenoxy) is 1. The van der Waals surface area contributed by atoms with Crippen LogP contribution in [-0.4, -0.2) is 27.4 Å². The maximum Gasteiger partial charge on any atom is 0.404 e. The van der Waals surface area contributed by atoms with Crippen LogP contribution in [0.5, 0.6) is 5.88 Å². The number of primary amides is 1. The van der Waals surface area contributed by atoms with Gasteiger partial charge in [-0.2, -0.15) is 4.39 Å². The third-order valence-corrected chi connectivity index (χ3v) is 1.68. The molecule has 0 aliphatic rings. The Balaban J connectivity index is 2.97. The van der Waals surface area contributed by atoms with Gasteiger partial charge < -0.3 is 15.6 Å². The SMILES string of the molecule is NC(=O)OCCn1c(O)c(F)c(=O)[nH]c1=O. The van der Waals surface area contributed by atoms with Gasteiger partial charge in [-0.1, -0.05) is 0 Å². The van der Waals surface area contributed by atoms with E-state index in [1.54, 1.807) is 4.98 Å². The number of hydrogen-bond acceptors (Lipinski definition) is 5. The van der Waals surface area contributed by atoms with Crippen molar-refractivity contribution < 1.29 is 19.0 Å². The second-order valence-corrected chi connectivity index (χ2v) is 2.72. The third-order valence-electron chi connectivity index (χ3n) is 1.68. The standard InChI is InChI=1S/C7H8FN3O5/c8-3-4(12)10-7(15)11(5(3)13)1-2-16-6(9)14/h13H,1-2H2,(H2,9,14)(H,10,12,15). The number of aromatic amines is 1. The summed E-state index contributed by atoms with van der Waals surface area (Å²) in [6.45, 7) is -0.671. The van der Waals surface area contributed by atoms with Crippen molar-refractivity contribution >= 4 is 6.09 Å². The number of carbonyl (C=O) groups excluding carboxylic acids is 1. The van der Waals surface area contributed by atoms with Crippen molar-refractivity contribution in [3.63, 3.8) is 0 Å². The maximum absolute atomic E-state index is 12.9. The molecule has 1 aromatic rings. The second-order valence-electron chi connectivity index (χ2n) is 2.72. The van der Waals surface area contributed by atoms with Gasteiger partial charge in [0.15, 0.2) is 0 Å². The Morgan fingerprint density at radius 1 is 1.56 bits per heavy atom. The number of nitrogens with zero attached hydrogens (tertiary/aromatic N) is 1. The fraction of sp³-hybridized carbons (Fsp3) is 0.286. The molecule has 0 saturated carbocycles. The number of nitrogens with one attached hydrogen (secondary N) is 1. The van der Waals surface area contributed by atoms with Gasteiger partial charge in [0.05, 0.1) is 6.54 Å². The van der Waals surface area contributed by atoms with E-state index in [1.165, 1.54) is 0 Å². The minimum Gasteiger partial charge on any atom is -0.492 e. The summed E-state index contributed by atoms with van der Waals surface area (Å²) in [7, 11) is 0. The summed E-state index contributed by atoms with van der Waals surface area (Å²) in [6, 6.07) is 0. The molecule has 0 spiro atoms. The highest BCUT2D eigenvalue weighted by Gasteiger charge is 2.13. The lowest BCUT2D eigenvalue weighted by Crippen LogP contribution is -2.33. The zero-order valence-corrected chi connectivity index (χ0v) is 7.90. The van der Waals surface area contributed by atoms with Crippen LogP contribution in [0.2, 0.25) is 0 Å². The molecular weight excluding hydrogens is 225 g/mol. The first-order valence-electron chi connectivity index (χ1n) is 4.07. The zero-order chi connectivity index (χ0) is 12.3. The van der Waals surface area contributed by atoms with Crippen molar-refractivity contribution in [2.45, 2.75) is 6.54 Å². The molecule has 1 aromatic heterocycles. The van der Waals surface area contributed by atoms with E-state index in [1.807, 2.05) is 0 Å². The predicted octanol–water partition coefficient (Wildman–Crippen LogP) is -1.52. The van der Waals surface area contributed by atoms with Crippen molar-refractivity contribution in [2.75, 3.05) is 6.61 Å². The minimum atomic E-state index is -1.49. The monoisotopic (exact) mass is 233 g/mol. The molecule has 0 saturated heterocycles. The van der Waals surface area contributed by atoms with Crippen LogP contribution in [0.1, 0.15) is 0 Å². The Morgan fingerprint density at radius 3 is 2.75 bits per heavy atom. The summed E-state index contributed by atoms with van der Waals surface area (Å²) >= 11 is 0. The number of rotatable bonds is 3. The highest BCUT2D eigenvalue weighted by molar-refractivity contribution is 5.64. The van der Waals surface area contributed by atoms with Crippen molar-refractivity contribution in [3.8, 4) is 5.88 Å². The quantitative estimate of drug-likeness (QED) is 0.584. The Bertz CT molecular complexity index is 520. The molecule has 0 unspecified atom stereocenters. The number of H-pyrrole nitrogens is 1. The van der Waals surface area contributed by atoms with Gasteiger partial charge in [-0.3, -0.25) is 14.3 Å². The van der Waals surface area contributed by atoms with Crippen LogP contribution in [0.4, 0.5) is 9.18 Å². The van der Waals surface area contributed by atoms with Crippen molar-refractivity contribution in [1.29, 1.82) is 0 Å². The van der Waals surface area contributed by atoms with Crippen LogP contribution in [-0.2, 0) is 11.3 Å². The average Bonchev–Trinajstić information content (AvgIpc) is 2.19. The smallest absolute Gasteiger partial charge is 0.404 e. The van der Waals surface area contributed by atoms with Gasteiger partial charge in [0.2, 0.25) is 11.7 Å². The normalized spacial score (nSPS) is 10.1. The van der Waals surface area contributed by atoms with Gasteiger partial charge in [-0.05, 0) is 0 Å². The number of carbonyl (C=O) groups is 1. The first-order valence-corrected chi connectivity index (χ1v) is 4.07. The fourth-order valence-corrected chi connectivity index (χ4v) is 0.981. The topological polar surface area (TPSA) is 127 Å². The van der Waals surface area contributed by atoms with E-state index in [0.29, 0.717) is 4.57 Å². The molecule has 1 rings (SSSR count). The fourth-order valence-electron chi connectivity index (χ4n) is 0.981. The molecule has 0 fully saturated rings. The van der Waals surface area contributed by atoms with E-state index in [-0.39, 0.29) is 13.2 Å². The van der Waals surface area contributed by atoms with Crippen molar-refractivity contribution in [1.82, 2.24) is 9.55 Å². The number of hydrogen-bond donors (Lipinski definition) is 3. The molecule has 0 bridgehead atoms. The summed E-state index contributed by atoms with van der Waals surface area (Å²) in [5.41, 5.74) is 2.30. The summed E-state index contributed by atoms with van der Waals surface area (Å²) in [6.07, 6.45) is -1.07. The lowest BCUT2D eigenvalue weighted by molar-refractivity contribution is 0.150. The lowest BCUT2D eigenvalue weighted by Gasteiger charge is -2.07. The largest absolute Gasteiger partial charge is 0.492 e. The maximum atomic E-state index is 12.9. The van der Waals surface area contributed by atoms with E-state index in [0.717, 1.165) is 0 Å². The molecule has 0 radical (unpaired) electrons. The van der Waals surface area contributed by atoms with Gasteiger partial charge in [0.25, 0.3) is 5.56 Å². The second kappa shape index (κ2) is 4.47. The van der Waals surface area contributed by atoms with Crippen LogP contribution >= 0.6 is 0 Å². The van der Waals surface area contributed by atoms with Gasteiger partial charge in [-0.15, -0.1) is 0 Å². The molecule has 1 heterocycles. The van der Waals surface area contributed by atoms with Crippen LogP contribution in [0.15, 0.2) is 9.59 Å². The van der Waals surface area contributed by atoms with E-state index in [4.69, 9.17) is 5.11 Å². The highest BCUT2D eigenvalue weighted by atomic mass is 19.1. The molecular formula is C7H8FN3O5. The molecule has 9 heteroatoms. The van der Waals surface area contributed by atoms with Crippen molar-refractivity contribution in [3.05, 3.63) is 26.7 Å². The van der Waals surface area contributed by atoms with E-state index < -0.39 is 29.0 Å². The first-order chi connectivity index (χ1) is 7.43. The first kappa shape index (κ1) is 11.8. The average molecular weight is 233 g/mol.